The van der Waals surface area contributed by atoms with Gasteiger partial charge in [0, 0.05) is 9.79 Å². The Morgan fingerprint density at radius 3 is 2.50 bits per heavy atom. The van der Waals surface area contributed by atoms with Crippen molar-refractivity contribution >= 4 is 23.1 Å². The van der Waals surface area contributed by atoms with E-state index < -0.39 is 0 Å². The number of hydrogen-bond acceptors (Lipinski definition) is 2. The number of benzene rings is 2. The van der Waals surface area contributed by atoms with Crippen LogP contribution < -0.4 is 5.32 Å². The van der Waals surface area contributed by atoms with Gasteiger partial charge in [-0.05, 0) is 42.7 Å². The van der Waals surface area contributed by atoms with Crippen molar-refractivity contribution in [3.05, 3.63) is 48.0 Å². The van der Waals surface area contributed by atoms with Gasteiger partial charge in [0.2, 0.25) is 0 Å². The Labute approximate surface area is 138 Å². The molecule has 1 aliphatic rings. The summed E-state index contributed by atoms with van der Waals surface area (Å²) >= 11 is 1.87. The molecule has 2 aromatic rings. The van der Waals surface area contributed by atoms with Crippen molar-refractivity contribution in [2.75, 3.05) is 5.32 Å². The van der Waals surface area contributed by atoms with E-state index in [-0.39, 0.29) is 0 Å². The van der Waals surface area contributed by atoms with Gasteiger partial charge in [-0.15, -0.1) is 0 Å². The average Bonchev–Trinajstić information content (AvgIpc) is 2.56. The Balaban J connectivity index is 1.56. The molecule has 3 rings (SSSR count). The molecule has 0 atom stereocenters. The second-order valence-electron chi connectivity index (χ2n) is 6.07. The van der Waals surface area contributed by atoms with Gasteiger partial charge in [0.15, 0.2) is 0 Å². The molecule has 1 heterocycles. The maximum atomic E-state index is 3.58. The molecular formula is C20H25NS. The van der Waals surface area contributed by atoms with Gasteiger partial charge >= 0.3 is 0 Å². The van der Waals surface area contributed by atoms with Crippen LogP contribution in [0.4, 0.5) is 11.4 Å². The number of para-hydroxylation sites is 1. The average molecular weight is 311 g/mol. The number of rotatable bonds is 7. The van der Waals surface area contributed by atoms with Crippen molar-refractivity contribution < 1.29 is 0 Å². The fourth-order valence-electron chi connectivity index (χ4n) is 2.95. The van der Waals surface area contributed by atoms with Gasteiger partial charge in [0.1, 0.15) is 0 Å². The van der Waals surface area contributed by atoms with E-state index in [1.807, 2.05) is 11.8 Å². The van der Waals surface area contributed by atoms with E-state index in [4.69, 9.17) is 0 Å². The summed E-state index contributed by atoms with van der Waals surface area (Å²) in [4.78, 5) is 2.66. The van der Waals surface area contributed by atoms with E-state index in [1.165, 1.54) is 71.7 Å². The predicted molar refractivity (Wildman–Crippen MR) is 97.4 cm³/mol. The highest BCUT2D eigenvalue weighted by Crippen LogP contribution is 2.44. The normalized spacial score (nSPS) is 12.4. The summed E-state index contributed by atoms with van der Waals surface area (Å²) in [5.74, 6) is 0. The summed E-state index contributed by atoms with van der Waals surface area (Å²) in [6.07, 6.45) is 9.38. The van der Waals surface area contributed by atoms with Gasteiger partial charge in [-0.25, -0.2) is 0 Å². The van der Waals surface area contributed by atoms with Crippen LogP contribution in [-0.4, -0.2) is 0 Å². The van der Waals surface area contributed by atoms with E-state index in [0.717, 1.165) is 0 Å². The van der Waals surface area contributed by atoms with Crippen molar-refractivity contribution in [1.82, 2.24) is 0 Å². The third kappa shape index (κ3) is 3.86. The van der Waals surface area contributed by atoms with Gasteiger partial charge in [0.25, 0.3) is 0 Å². The number of fused-ring (bicyclic) bond motifs is 2. The largest absolute Gasteiger partial charge is 0.354 e. The molecule has 0 saturated carbocycles. The standard InChI is InChI=1S/C20H25NS/c1-2-3-4-5-6-7-10-16-13-14-20-18(15-16)21-17-11-8-9-12-19(17)22-20/h8-9,11-15,21H,2-7,10H2,1H3. The van der Waals surface area contributed by atoms with Crippen LogP contribution in [0.2, 0.25) is 0 Å². The first-order valence-corrected chi connectivity index (χ1v) is 9.35. The van der Waals surface area contributed by atoms with E-state index >= 15 is 0 Å². The Morgan fingerprint density at radius 2 is 1.59 bits per heavy atom. The summed E-state index contributed by atoms with van der Waals surface area (Å²) in [7, 11) is 0. The number of aryl methyl sites for hydroxylation is 1. The van der Waals surface area contributed by atoms with Gasteiger partial charge in [-0.2, -0.15) is 0 Å². The zero-order valence-electron chi connectivity index (χ0n) is 13.4. The third-order valence-corrected chi connectivity index (χ3v) is 5.39. The Hall–Kier alpha value is -1.41. The zero-order valence-corrected chi connectivity index (χ0v) is 14.2. The highest BCUT2D eigenvalue weighted by atomic mass is 32.2. The molecule has 1 aliphatic heterocycles. The molecule has 22 heavy (non-hydrogen) atoms. The highest BCUT2D eigenvalue weighted by Gasteiger charge is 2.14. The lowest BCUT2D eigenvalue weighted by molar-refractivity contribution is 0.607. The Kier molecular flexibility index (Phi) is 5.44. The van der Waals surface area contributed by atoms with Crippen LogP contribution in [0.3, 0.4) is 0 Å². The fourth-order valence-corrected chi connectivity index (χ4v) is 3.92. The second kappa shape index (κ2) is 7.73. The molecule has 0 aliphatic carbocycles. The minimum atomic E-state index is 1.20. The van der Waals surface area contributed by atoms with Crippen LogP contribution in [0, 0.1) is 0 Å². The number of nitrogens with one attached hydrogen (secondary N) is 1. The van der Waals surface area contributed by atoms with Crippen molar-refractivity contribution in [2.24, 2.45) is 0 Å². The van der Waals surface area contributed by atoms with Gasteiger partial charge in [-0.1, -0.05) is 69.0 Å². The van der Waals surface area contributed by atoms with Crippen LogP contribution >= 0.6 is 11.8 Å². The summed E-state index contributed by atoms with van der Waals surface area (Å²) < 4.78 is 0. The molecule has 2 aromatic carbocycles. The SMILES string of the molecule is CCCCCCCCc1ccc2c(c1)Nc1ccccc1S2. The first kappa shape index (κ1) is 15.5. The van der Waals surface area contributed by atoms with Crippen molar-refractivity contribution in [3.63, 3.8) is 0 Å². The molecule has 0 bridgehead atoms. The summed E-state index contributed by atoms with van der Waals surface area (Å²) in [5, 5.41) is 3.58. The summed E-state index contributed by atoms with van der Waals surface area (Å²) in [6.45, 7) is 2.27. The molecule has 0 unspecified atom stereocenters. The highest BCUT2D eigenvalue weighted by molar-refractivity contribution is 7.99. The third-order valence-electron chi connectivity index (χ3n) is 4.24. The van der Waals surface area contributed by atoms with Crippen molar-refractivity contribution in [3.8, 4) is 0 Å². The maximum absolute atomic E-state index is 3.58. The lowest BCUT2D eigenvalue weighted by Crippen LogP contribution is -2.00. The minimum Gasteiger partial charge on any atom is -0.354 e. The second-order valence-corrected chi connectivity index (χ2v) is 7.16. The smallest absolute Gasteiger partial charge is 0.0529 e. The minimum absolute atomic E-state index is 1.20. The van der Waals surface area contributed by atoms with Gasteiger partial charge in [-0.3, -0.25) is 0 Å². The fraction of sp³-hybridized carbons (Fsp3) is 0.400. The van der Waals surface area contributed by atoms with Crippen LogP contribution in [0.1, 0.15) is 51.0 Å². The quantitative estimate of drug-likeness (QED) is 0.482. The molecule has 2 heteroatoms. The van der Waals surface area contributed by atoms with Crippen molar-refractivity contribution in [2.45, 2.75) is 61.7 Å². The number of anilines is 2. The Bertz CT molecular complexity index is 621. The maximum Gasteiger partial charge on any atom is 0.0529 e. The van der Waals surface area contributed by atoms with Gasteiger partial charge < -0.3 is 5.32 Å². The topological polar surface area (TPSA) is 12.0 Å². The molecule has 1 N–H and O–H groups in total. The Morgan fingerprint density at radius 1 is 0.818 bits per heavy atom. The molecule has 0 radical (unpaired) electrons. The van der Waals surface area contributed by atoms with E-state index in [1.54, 1.807) is 0 Å². The van der Waals surface area contributed by atoms with Crippen LogP contribution in [0.25, 0.3) is 0 Å². The summed E-state index contributed by atoms with van der Waals surface area (Å²) in [6, 6.07) is 15.4. The van der Waals surface area contributed by atoms with Crippen LogP contribution in [0.15, 0.2) is 52.3 Å². The number of hydrogen-bond donors (Lipinski definition) is 1. The molecule has 0 amide bonds. The van der Waals surface area contributed by atoms with Crippen molar-refractivity contribution in [1.29, 1.82) is 0 Å². The number of unbranched alkanes of at least 4 members (excludes halogenated alkanes) is 5. The monoisotopic (exact) mass is 311 g/mol. The zero-order chi connectivity index (χ0) is 15.2. The predicted octanol–water partition coefficient (Wildman–Crippen LogP) is 6.80. The van der Waals surface area contributed by atoms with Crippen LogP contribution in [-0.2, 0) is 6.42 Å². The molecule has 0 spiro atoms. The molecule has 0 aromatic heterocycles. The first-order chi connectivity index (χ1) is 10.9. The first-order valence-electron chi connectivity index (χ1n) is 8.53. The van der Waals surface area contributed by atoms with E-state index in [2.05, 4.69) is 54.7 Å². The molecule has 116 valence electrons. The molecule has 1 nitrogen and oxygen atoms in total. The summed E-state index contributed by atoms with van der Waals surface area (Å²) in [5.41, 5.74) is 3.96. The lowest BCUT2D eigenvalue weighted by atomic mass is 10.0. The van der Waals surface area contributed by atoms with Crippen LogP contribution in [0.5, 0.6) is 0 Å². The lowest BCUT2D eigenvalue weighted by Gasteiger charge is -2.21. The van der Waals surface area contributed by atoms with Gasteiger partial charge in [0.05, 0.1) is 11.4 Å². The van der Waals surface area contributed by atoms with E-state index in [0.29, 0.717) is 0 Å². The molecule has 0 fully saturated rings. The molecule has 0 saturated heterocycles. The molecular weight excluding hydrogens is 286 g/mol. The van der Waals surface area contributed by atoms with E-state index in [9.17, 15) is 0 Å².